The molecule has 0 aromatic heterocycles. The maximum atomic E-state index is 11.8. The van der Waals surface area contributed by atoms with Gasteiger partial charge in [-0.2, -0.15) is 23.7 Å². The van der Waals surface area contributed by atoms with E-state index < -0.39 is 23.3 Å². The van der Waals surface area contributed by atoms with Crippen LogP contribution in [0.3, 0.4) is 0 Å². The molecule has 0 bridgehead atoms. The Bertz CT molecular complexity index is 450. The van der Waals surface area contributed by atoms with Crippen molar-refractivity contribution in [2.75, 3.05) is 19.1 Å². The summed E-state index contributed by atoms with van der Waals surface area (Å²) in [6.07, 6.45) is -0.606. The first-order valence-corrected chi connectivity index (χ1v) is 10.6. The van der Waals surface area contributed by atoms with Crippen LogP contribution >= 0.6 is 10.5 Å². The number of nitrogens with one attached hydrogen (secondary N) is 1. The smallest absolute Gasteiger partial charge is 0.408 e. The van der Waals surface area contributed by atoms with Crippen molar-refractivity contribution in [3.63, 3.8) is 0 Å². The van der Waals surface area contributed by atoms with Gasteiger partial charge >= 0.3 is 12.3 Å². The summed E-state index contributed by atoms with van der Waals surface area (Å²) in [4.78, 5) is 22.4. The van der Waals surface area contributed by atoms with Crippen molar-refractivity contribution in [2.24, 2.45) is 5.41 Å². The molecule has 0 heterocycles. The first-order valence-electron chi connectivity index (χ1n) is 8.49. The maximum absolute atomic E-state index is 11.8. The van der Waals surface area contributed by atoms with Gasteiger partial charge in [-0.05, 0) is 39.7 Å². The van der Waals surface area contributed by atoms with Crippen molar-refractivity contribution in [1.82, 2.24) is 5.32 Å². The molecule has 0 unspecified atom stereocenters. The molecule has 1 N–H and O–H groups in total. The largest absolute Gasteiger partial charge is 0.444 e. The van der Waals surface area contributed by atoms with E-state index in [0.717, 1.165) is 0 Å². The average Bonchev–Trinajstić information content (AvgIpc) is 2.44. The number of carbonyl (C=O) groups excluding carboxylic acids is 2. The van der Waals surface area contributed by atoms with Gasteiger partial charge < -0.3 is 10.1 Å². The molecular formula is C18H36F3NO3S. The zero-order valence-corrected chi connectivity index (χ0v) is 18.6. The van der Waals surface area contributed by atoms with Crippen LogP contribution < -0.4 is 5.32 Å². The summed E-state index contributed by atoms with van der Waals surface area (Å²) in [6.45, 7) is 13.3. The van der Waals surface area contributed by atoms with E-state index in [1.807, 2.05) is 26.4 Å². The minimum absolute atomic E-state index is 0.0000926. The van der Waals surface area contributed by atoms with Crippen LogP contribution in [0.15, 0.2) is 0 Å². The van der Waals surface area contributed by atoms with Gasteiger partial charge in [0.05, 0.1) is 12.0 Å². The van der Waals surface area contributed by atoms with Gasteiger partial charge in [-0.3, -0.25) is 4.79 Å². The lowest BCUT2D eigenvalue weighted by Gasteiger charge is -2.25. The molecule has 8 heteroatoms. The molecule has 1 amide bonds. The van der Waals surface area contributed by atoms with Crippen molar-refractivity contribution in [3.05, 3.63) is 0 Å². The van der Waals surface area contributed by atoms with Crippen LogP contribution in [0.2, 0.25) is 0 Å². The van der Waals surface area contributed by atoms with Gasteiger partial charge in [0.2, 0.25) is 0 Å². The molecular weight excluding hydrogens is 367 g/mol. The van der Waals surface area contributed by atoms with Crippen LogP contribution in [0, 0.1) is 5.41 Å². The topological polar surface area (TPSA) is 55.4 Å². The molecule has 0 aromatic rings. The summed E-state index contributed by atoms with van der Waals surface area (Å²) in [5.74, 6) is -0.0887. The monoisotopic (exact) mass is 403 g/mol. The van der Waals surface area contributed by atoms with E-state index in [9.17, 15) is 22.8 Å². The molecule has 0 fully saturated rings. The van der Waals surface area contributed by atoms with Gasteiger partial charge in [0.25, 0.3) is 0 Å². The average molecular weight is 404 g/mol. The third-order valence-corrected chi connectivity index (χ3v) is 3.56. The molecule has 4 nitrogen and oxygen atoms in total. The summed E-state index contributed by atoms with van der Waals surface area (Å²) < 4.78 is 40.5. The fourth-order valence-electron chi connectivity index (χ4n) is 0.978. The van der Waals surface area contributed by atoms with E-state index >= 15 is 0 Å². The van der Waals surface area contributed by atoms with Gasteiger partial charge in [0.15, 0.2) is 5.78 Å². The molecule has 0 rings (SSSR count). The Balaban J connectivity index is -0.000000411. The van der Waals surface area contributed by atoms with Crippen LogP contribution in [0.25, 0.3) is 0 Å². The van der Waals surface area contributed by atoms with E-state index in [-0.39, 0.29) is 29.2 Å². The van der Waals surface area contributed by atoms with Crippen molar-refractivity contribution in [3.8, 4) is 0 Å². The Kier molecular flexibility index (Phi) is 15.0. The highest BCUT2D eigenvalue weighted by molar-refractivity contribution is 8.14. The van der Waals surface area contributed by atoms with Crippen LogP contribution in [0.4, 0.5) is 18.0 Å². The minimum atomic E-state index is -4.05. The second-order valence-corrected chi connectivity index (χ2v) is 9.05. The minimum Gasteiger partial charge on any atom is -0.444 e. The molecule has 158 valence electrons. The van der Waals surface area contributed by atoms with Crippen molar-refractivity contribution in [1.29, 1.82) is 0 Å². The number of Topliss-reactive ketones (excluding diaryl/α,β-unsaturated/α-hetero) is 1. The molecule has 0 atom stereocenters. The number of hydrogen-bond acceptors (Lipinski definition) is 3. The van der Waals surface area contributed by atoms with Crippen LogP contribution in [0.5, 0.6) is 0 Å². The number of ketones is 1. The molecule has 0 aliphatic carbocycles. The van der Waals surface area contributed by atoms with Crippen LogP contribution in [-0.4, -0.2) is 48.1 Å². The van der Waals surface area contributed by atoms with E-state index in [0.29, 0.717) is 0 Å². The van der Waals surface area contributed by atoms with Gasteiger partial charge in [-0.15, -0.1) is 0 Å². The number of ether oxygens (including phenoxy) is 1. The lowest BCUT2D eigenvalue weighted by atomic mass is 9.90. The first kappa shape index (κ1) is 29.7. The predicted octanol–water partition coefficient (Wildman–Crippen LogP) is 5.42. The second-order valence-electron chi connectivity index (χ2n) is 7.05. The highest BCUT2D eigenvalue weighted by Gasteiger charge is 2.45. The molecule has 26 heavy (non-hydrogen) atoms. The van der Waals surface area contributed by atoms with E-state index in [4.69, 9.17) is 4.74 Å². The van der Waals surface area contributed by atoms with E-state index in [1.54, 1.807) is 26.1 Å². The predicted molar refractivity (Wildman–Crippen MR) is 106 cm³/mol. The van der Waals surface area contributed by atoms with Gasteiger partial charge in [0, 0.05) is 5.37 Å². The van der Waals surface area contributed by atoms with Gasteiger partial charge in [-0.25, -0.2) is 4.79 Å². The third-order valence-electron chi connectivity index (χ3n) is 2.82. The Morgan fingerprint density at radius 2 is 1.46 bits per heavy atom. The summed E-state index contributed by atoms with van der Waals surface area (Å²) >= 11 is 0. The molecule has 0 aromatic carbocycles. The molecule has 0 aliphatic rings. The normalized spacial score (nSPS) is 11.5. The summed E-state index contributed by atoms with van der Waals surface area (Å²) in [5.41, 5.74) is -2.05. The fourth-order valence-corrected chi connectivity index (χ4v) is 1.59. The van der Waals surface area contributed by atoms with E-state index in [2.05, 4.69) is 5.32 Å². The highest BCUT2D eigenvalue weighted by atomic mass is 32.2. The van der Waals surface area contributed by atoms with E-state index in [1.165, 1.54) is 20.8 Å². The Labute approximate surface area is 159 Å². The summed E-state index contributed by atoms with van der Waals surface area (Å²) in [7, 11) is -0.0461. The number of hydrogen-bond donors (Lipinski definition) is 1. The third kappa shape index (κ3) is 17.8. The number of carbonyl (C=O) groups is 2. The number of amides is 1. The summed E-state index contributed by atoms with van der Waals surface area (Å²) in [6, 6.07) is 0. The molecule has 0 spiro atoms. The molecule has 0 saturated heterocycles. The summed E-state index contributed by atoms with van der Waals surface area (Å²) in [5, 5.41) is 4.00. The number of alkyl halides is 3. The van der Waals surface area contributed by atoms with Crippen LogP contribution in [0.1, 0.15) is 61.8 Å². The number of rotatable bonds is 4. The fraction of sp³-hybridized carbons (Fsp3) is 0.833. The highest BCUT2D eigenvalue weighted by Crippen LogP contribution is 2.39. The Morgan fingerprint density at radius 1 is 1.04 bits per heavy atom. The quantitative estimate of drug-likeness (QED) is 0.638. The van der Waals surface area contributed by atoms with Crippen molar-refractivity contribution in [2.45, 2.75) is 73.6 Å². The Morgan fingerprint density at radius 3 is 1.69 bits per heavy atom. The number of halogens is 3. The van der Waals surface area contributed by atoms with Crippen molar-refractivity contribution >= 4 is 27.7 Å². The molecule has 0 aliphatic heterocycles. The Hall–Kier alpha value is -1.05. The first-order chi connectivity index (χ1) is 11.5. The van der Waals surface area contributed by atoms with Gasteiger partial charge in [0.1, 0.15) is 5.60 Å². The lowest BCUT2D eigenvalue weighted by molar-refractivity contribution is -0.212. The molecule has 0 saturated carbocycles. The SMILES string of the molecule is CC.CCC(C)(C)C(F)(F)F.CS(C)=CC(=O)CNC(=O)OC(C)(C)C. The number of alkyl carbamates (subject to hydrolysis) is 1. The zero-order chi connectivity index (χ0) is 21.8. The van der Waals surface area contributed by atoms with Gasteiger partial charge in [-0.1, -0.05) is 34.6 Å². The maximum Gasteiger partial charge on any atom is 0.408 e. The zero-order valence-electron chi connectivity index (χ0n) is 17.8. The van der Waals surface area contributed by atoms with Crippen LogP contribution in [-0.2, 0) is 9.53 Å². The molecule has 0 radical (unpaired) electrons. The standard InChI is InChI=1S/C10H19NO3S.C6H11F3.C2H6/c1-10(2,3)14-9(13)11-6-8(12)7-15(4)5;1-4-5(2,3)6(7,8)9;1-2/h7H,6H2,1-5H3,(H,11,13);4H2,1-3H3;1-2H3. The lowest BCUT2D eigenvalue weighted by Crippen LogP contribution is -2.35. The second kappa shape index (κ2) is 13.2. The van der Waals surface area contributed by atoms with Crippen molar-refractivity contribution < 1.29 is 27.5 Å².